The Morgan fingerprint density at radius 2 is 2.25 bits per heavy atom. The maximum atomic E-state index is 11.6. The summed E-state index contributed by atoms with van der Waals surface area (Å²) in [6.07, 6.45) is 7.37. The van der Waals surface area contributed by atoms with Crippen molar-refractivity contribution in [3.63, 3.8) is 0 Å². The van der Waals surface area contributed by atoms with Crippen molar-refractivity contribution in [1.29, 1.82) is 0 Å². The molecule has 0 N–H and O–H groups in total. The number of Topliss-reactive ketones (excluding diaryl/α,β-unsaturated/α-hetero) is 1. The Labute approximate surface area is 70.6 Å². The van der Waals surface area contributed by atoms with Crippen LogP contribution in [0.25, 0.3) is 0 Å². The quantitative estimate of drug-likeness (QED) is 0.394. The van der Waals surface area contributed by atoms with Gasteiger partial charge in [-0.3, -0.25) is 4.79 Å². The second-order valence-electron chi connectivity index (χ2n) is 4.48. The van der Waals surface area contributed by atoms with Crippen molar-refractivity contribution in [1.82, 2.24) is 0 Å². The van der Waals surface area contributed by atoms with Gasteiger partial charge in [0.05, 0.1) is 0 Å². The van der Waals surface area contributed by atoms with E-state index in [0.717, 1.165) is 12.8 Å². The molecule has 0 amide bonds. The smallest absolute Gasteiger partial charge is 0.168 e. The molecule has 2 saturated carbocycles. The molecule has 1 aliphatic heterocycles. The minimum absolute atomic E-state index is 0.00347. The predicted molar refractivity (Wildman–Crippen MR) is 41.5 cm³/mol. The second kappa shape index (κ2) is 1.31. The summed E-state index contributed by atoms with van der Waals surface area (Å²) in [6, 6.07) is 0. The third-order valence-electron chi connectivity index (χ3n) is 4.27. The van der Waals surface area contributed by atoms with Gasteiger partial charge in [-0.15, -0.1) is 0 Å². The van der Waals surface area contributed by atoms with Crippen LogP contribution in [0.5, 0.6) is 0 Å². The Morgan fingerprint density at radius 1 is 1.42 bits per heavy atom. The van der Waals surface area contributed by atoms with Crippen LogP contribution < -0.4 is 0 Å². The molecule has 3 fully saturated rings. The van der Waals surface area contributed by atoms with E-state index in [4.69, 9.17) is 4.74 Å². The van der Waals surface area contributed by atoms with Crippen LogP contribution in [0.15, 0.2) is 12.2 Å². The summed E-state index contributed by atoms with van der Waals surface area (Å²) in [4.78, 5) is 11.6. The van der Waals surface area contributed by atoms with Gasteiger partial charge in [0.2, 0.25) is 0 Å². The summed E-state index contributed by atoms with van der Waals surface area (Å²) >= 11 is 0. The van der Waals surface area contributed by atoms with E-state index in [-0.39, 0.29) is 11.2 Å². The average Bonchev–Trinajstić information content (AvgIpc) is 2.43. The minimum atomic E-state index is -0.299. The monoisotopic (exact) mass is 162 g/mol. The van der Waals surface area contributed by atoms with Gasteiger partial charge >= 0.3 is 0 Å². The zero-order valence-electron chi connectivity index (χ0n) is 6.75. The van der Waals surface area contributed by atoms with Gasteiger partial charge in [-0.2, -0.15) is 0 Å². The van der Waals surface area contributed by atoms with Gasteiger partial charge in [-0.25, -0.2) is 0 Å². The van der Waals surface area contributed by atoms with E-state index in [9.17, 15) is 4.79 Å². The Hall–Kier alpha value is -0.630. The van der Waals surface area contributed by atoms with Crippen molar-refractivity contribution in [3.05, 3.63) is 12.2 Å². The zero-order valence-corrected chi connectivity index (χ0v) is 6.75. The number of epoxide rings is 1. The molecule has 4 aliphatic rings. The van der Waals surface area contributed by atoms with Gasteiger partial charge in [0.1, 0.15) is 5.60 Å². The van der Waals surface area contributed by atoms with Crippen LogP contribution in [-0.2, 0) is 9.53 Å². The van der Waals surface area contributed by atoms with Crippen LogP contribution in [0, 0.1) is 11.8 Å². The Bertz CT molecular complexity index is 333. The Morgan fingerprint density at radius 3 is 3.08 bits per heavy atom. The molecule has 1 heterocycles. The normalized spacial score (nSPS) is 63.8. The van der Waals surface area contributed by atoms with Crippen LogP contribution in [-0.4, -0.2) is 17.0 Å². The molecule has 0 spiro atoms. The van der Waals surface area contributed by atoms with E-state index in [2.05, 4.69) is 12.2 Å². The second-order valence-corrected chi connectivity index (χ2v) is 4.48. The molecule has 2 nitrogen and oxygen atoms in total. The summed E-state index contributed by atoms with van der Waals surface area (Å²) in [5.41, 5.74) is -0.296. The molecule has 2 heteroatoms. The number of ketones is 1. The van der Waals surface area contributed by atoms with Gasteiger partial charge in [0.15, 0.2) is 11.4 Å². The van der Waals surface area contributed by atoms with Crippen LogP contribution in [0.3, 0.4) is 0 Å². The molecular weight excluding hydrogens is 152 g/mol. The standard InChI is InChI=1S/C10H10O2/c11-8-3-4-9-6-1-2-7(5-6)10(8,9)12-9/h1-2,6-7H,3-5H2/t6-,7+,9+,10+/m0/s1. The molecule has 0 radical (unpaired) electrons. The number of ether oxygens (including phenoxy) is 1. The fourth-order valence-electron chi connectivity index (χ4n) is 3.76. The van der Waals surface area contributed by atoms with Crippen LogP contribution in [0.4, 0.5) is 0 Å². The molecule has 0 unspecified atom stereocenters. The molecule has 0 aromatic heterocycles. The third-order valence-corrected chi connectivity index (χ3v) is 4.27. The summed E-state index contributed by atoms with van der Waals surface area (Å²) in [5.74, 6) is 1.37. The molecular formula is C10H10O2. The molecule has 2 bridgehead atoms. The Kier molecular flexibility index (Phi) is 0.646. The number of carbonyl (C=O) groups excluding carboxylic acids is 1. The van der Waals surface area contributed by atoms with E-state index in [1.54, 1.807) is 0 Å². The van der Waals surface area contributed by atoms with Crippen molar-refractivity contribution in [2.45, 2.75) is 30.5 Å². The van der Waals surface area contributed by atoms with E-state index in [1.165, 1.54) is 6.42 Å². The molecule has 0 aromatic carbocycles. The summed E-state index contributed by atoms with van der Waals surface area (Å²) in [7, 11) is 0. The first-order valence-corrected chi connectivity index (χ1v) is 4.71. The first-order valence-electron chi connectivity index (χ1n) is 4.71. The van der Waals surface area contributed by atoms with Crippen LogP contribution >= 0.6 is 0 Å². The molecule has 3 aliphatic carbocycles. The highest BCUT2D eigenvalue weighted by atomic mass is 16.6. The molecule has 4 rings (SSSR count). The van der Waals surface area contributed by atoms with Crippen molar-refractivity contribution < 1.29 is 9.53 Å². The lowest BCUT2D eigenvalue weighted by molar-refractivity contribution is -0.125. The van der Waals surface area contributed by atoms with Gasteiger partial charge in [0, 0.05) is 18.3 Å². The third kappa shape index (κ3) is 0.319. The van der Waals surface area contributed by atoms with Crippen molar-refractivity contribution in [2.75, 3.05) is 0 Å². The number of carbonyl (C=O) groups is 1. The lowest BCUT2D eigenvalue weighted by Gasteiger charge is -2.12. The van der Waals surface area contributed by atoms with Crippen molar-refractivity contribution >= 4 is 5.78 Å². The van der Waals surface area contributed by atoms with Crippen molar-refractivity contribution in [3.8, 4) is 0 Å². The highest BCUT2D eigenvalue weighted by Crippen LogP contribution is 2.74. The minimum Gasteiger partial charge on any atom is -0.353 e. The maximum Gasteiger partial charge on any atom is 0.168 e. The summed E-state index contributed by atoms with van der Waals surface area (Å²) in [5, 5.41) is 0. The lowest BCUT2D eigenvalue weighted by atomic mass is 9.86. The zero-order chi connectivity index (χ0) is 7.97. The van der Waals surface area contributed by atoms with E-state index in [0.29, 0.717) is 17.6 Å². The van der Waals surface area contributed by atoms with Gasteiger partial charge in [0.25, 0.3) is 0 Å². The number of rotatable bonds is 0. The van der Waals surface area contributed by atoms with Crippen LogP contribution in [0.2, 0.25) is 0 Å². The lowest BCUT2D eigenvalue weighted by Crippen LogP contribution is -2.30. The fourth-order valence-corrected chi connectivity index (χ4v) is 3.76. The Balaban J connectivity index is 1.99. The van der Waals surface area contributed by atoms with E-state index < -0.39 is 0 Å². The largest absolute Gasteiger partial charge is 0.353 e. The first kappa shape index (κ1) is 5.92. The van der Waals surface area contributed by atoms with Gasteiger partial charge in [-0.05, 0) is 12.8 Å². The van der Waals surface area contributed by atoms with Gasteiger partial charge < -0.3 is 4.74 Å². The van der Waals surface area contributed by atoms with Gasteiger partial charge in [-0.1, -0.05) is 12.2 Å². The first-order chi connectivity index (χ1) is 5.80. The number of hydrogen-bond acceptors (Lipinski definition) is 2. The predicted octanol–water partition coefficient (Wildman–Crippen LogP) is 1.06. The summed E-state index contributed by atoms with van der Waals surface area (Å²) < 4.78 is 5.75. The topological polar surface area (TPSA) is 29.6 Å². The maximum absolute atomic E-state index is 11.6. The fraction of sp³-hybridized carbons (Fsp3) is 0.700. The highest BCUT2D eigenvalue weighted by molar-refractivity contribution is 5.97. The molecule has 4 atom stereocenters. The molecule has 1 saturated heterocycles. The molecule has 12 heavy (non-hydrogen) atoms. The number of fused-ring (bicyclic) bond motifs is 2. The van der Waals surface area contributed by atoms with E-state index in [1.807, 2.05) is 0 Å². The molecule has 0 aromatic rings. The van der Waals surface area contributed by atoms with Crippen LogP contribution in [0.1, 0.15) is 19.3 Å². The molecule has 62 valence electrons. The van der Waals surface area contributed by atoms with Crippen molar-refractivity contribution in [2.24, 2.45) is 11.8 Å². The SMILES string of the molecule is O=C1CC[C@]23O[C@]12[C@@H]1C=C[C@H]3C1. The average molecular weight is 162 g/mol. The highest BCUT2D eigenvalue weighted by Gasteiger charge is 2.86. The van der Waals surface area contributed by atoms with E-state index >= 15 is 0 Å². The number of hydrogen-bond donors (Lipinski definition) is 0. The summed E-state index contributed by atoms with van der Waals surface area (Å²) in [6.45, 7) is 0.